The maximum Gasteiger partial charge on any atom is 0.331 e. The zero-order valence-electron chi connectivity index (χ0n) is 19.2. The molecule has 4 rings (SSSR count). The number of hydrogen-bond donors (Lipinski definition) is 2. The van der Waals surface area contributed by atoms with Crippen molar-refractivity contribution >= 4 is 23.3 Å². The summed E-state index contributed by atoms with van der Waals surface area (Å²) in [5, 5.41) is 13.8. The van der Waals surface area contributed by atoms with Crippen LogP contribution in [0.3, 0.4) is 0 Å². The second-order valence-electron chi connectivity index (χ2n) is 9.57. The molecule has 1 aliphatic heterocycles. The van der Waals surface area contributed by atoms with E-state index in [2.05, 4.69) is 42.3 Å². The van der Waals surface area contributed by atoms with Gasteiger partial charge in [-0.25, -0.2) is 4.79 Å². The minimum absolute atomic E-state index is 0.125. The molecule has 1 spiro atoms. The Hall–Kier alpha value is -2.08. The Balaban J connectivity index is 1.66. The van der Waals surface area contributed by atoms with Crippen LogP contribution < -0.4 is 5.32 Å². The number of halogens is 1. The molecule has 32 heavy (non-hydrogen) atoms. The summed E-state index contributed by atoms with van der Waals surface area (Å²) >= 11 is 6.19. The molecule has 5 nitrogen and oxygen atoms in total. The fourth-order valence-electron chi connectivity index (χ4n) is 5.60. The van der Waals surface area contributed by atoms with E-state index in [1.54, 1.807) is 0 Å². The Kier molecular flexibility index (Phi) is 6.53. The van der Waals surface area contributed by atoms with E-state index in [0.717, 1.165) is 31.6 Å². The van der Waals surface area contributed by atoms with Gasteiger partial charge in [0.25, 0.3) is 0 Å². The van der Waals surface area contributed by atoms with Gasteiger partial charge in [0.2, 0.25) is 0 Å². The molecular weight excluding hydrogens is 424 g/mol. The second-order valence-corrected chi connectivity index (χ2v) is 10.0. The monoisotopic (exact) mass is 456 g/mol. The number of methoxy groups -OCH3 is 1. The number of aliphatic hydroxyl groups is 1. The van der Waals surface area contributed by atoms with Gasteiger partial charge in [-0.1, -0.05) is 48.4 Å². The van der Waals surface area contributed by atoms with Gasteiger partial charge in [0.15, 0.2) is 0 Å². The Morgan fingerprint density at radius 2 is 1.97 bits per heavy atom. The average molecular weight is 457 g/mol. The summed E-state index contributed by atoms with van der Waals surface area (Å²) in [5.74, 6) is -0.0381. The van der Waals surface area contributed by atoms with Gasteiger partial charge in [0.1, 0.15) is 5.54 Å². The molecule has 6 heteroatoms. The molecule has 2 aliphatic rings. The summed E-state index contributed by atoms with van der Waals surface area (Å²) < 4.78 is 5.26. The summed E-state index contributed by atoms with van der Waals surface area (Å²) in [6, 6.07) is 14.2. The molecule has 172 valence electrons. The molecule has 0 amide bonds. The number of benzene rings is 2. The van der Waals surface area contributed by atoms with Crippen molar-refractivity contribution in [3.63, 3.8) is 0 Å². The summed E-state index contributed by atoms with van der Waals surface area (Å²) in [6.45, 7) is 6.10. The van der Waals surface area contributed by atoms with Gasteiger partial charge >= 0.3 is 5.97 Å². The molecule has 1 fully saturated rings. The average Bonchev–Trinajstić information content (AvgIpc) is 3.06. The quantitative estimate of drug-likeness (QED) is 0.606. The highest BCUT2D eigenvalue weighted by Crippen LogP contribution is 2.52. The highest BCUT2D eigenvalue weighted by atomic mass is 35.5. The fourth-order valence-corrected chi connectivity index (χ4v) is 5.79. The highest BCUT2D eigenvalue weighted by molar-refractivity contribution is 6.30. The van der Waals surface area contributed by atoms with E-state index in [1.165, 1.54) is 23.8 Å². The van der Waals surface area contributed by atoms with Gasteiger partial charge in [-0.3, -0.25) is 4.90 Å². The SMILES string of the molecule is COC(=O)C1(Nc2cccc(Cl)c2)CCC2(CC1)c1ccc(C)cc1CN2C[C@@H](C)CO. The third-order valence-electron chi connectivity index (χ3n) is 7.29. The first-order chi connectivity index (χ1) is 15.3. The predicted octanol–water partition coefficient (Wildman–Crippen LogP) is 4.89. The van der Waals surface area contributed by atoms with Crippen molar-refractivity contribution in [3.8, 4) is 0 Å². The molecule has 1 aliphatic carbocycles. The number of ether oxygens (including phenoxy) is 1. The number of hydrogen-bond acceptors (Lipinski definition) is 5. The molecule has 0 unspecified atom stereocenters. The zero-order valence-corrected chi connectivity index (χ0v) is 19.9. The lowest BCUT2D eigenvalue weighted by molar-refractivity contribution is -0.148. The van der Waals surface area contributed by atoms with E-state index >= 15 is 0 Å². The molecule has 1 heterocycles. The van der Waals surface area contributed by atoms with Gasteiger partial charge in [-0.2, -0.15) is 0 Å². The van der Waals surface area contributed by atoms with Crippen LogP contribution in [0.4, 0.5) is 5.69 Å². The number of aryl methyl sites for hydroxylation is 1. The summed E-state index contributed by atoms with van der Waals surface area (Å²) in [5.41, 5.74) is 3.91. The van der Waals surface area contributed by atoms with Crippen LogP contribution in [-0.2, 0) is 21.6 Å². The molecule has 2 N–H and O–H groups in total. The Labute approximate surface area is 195 Å². The van der Waals surface area contributed by atoms with Gasteiger partial charge in [0.05, 0.1) is 7.11 Å². The lowest BCUT2D eigenvalue weighted by atomic mass is 9.68. The van der Waals surface area contributed by atoms with E-state index in [0.29, 0.717) is 17.9 Å². The third-order valence-corrected chi connectivity index (χ3v) is 7.52. The number of anilines is 1. The van der Waals surface area contributed by atoms with E-state index in [1.807, 2.05) is 24.3 Å². The Morgan fingerprint density at radius 3 is 2.62 bits per heavy atom. The summed E-state index contributed by atoms with van der Waals surface area (Å²) in [4.78, 5) is 15.5. The van der Waals surface area contributed by atoms with Gasteiger partial charge in [0, 0.05) is 35.9 Å². The minimum atomic E-state index is -0.785. The lowest BCUT2D eigenvalue weighted by Gasteiger charge is -2.49. The summed E-state index contributed by atoms with van der Waals surface area (Å²) in [6.07, 6.45) is 2.99. The number of aliphatic hydroxyl groups excluding tert-OH is 1. The van der Waals surface area contributed by atoms with Crippen molar-refractivity contribution in [1.29, 1.82) is 0 Å². The first-order valence-corrected chi connectivity index (χ1v) is 11.8. The van der Waals surface area contributed by atoms with Crippen LogP contribution >= 0.6 is 11.6 Å². The standard InChI is InChI=1S/C26H33ClN2O3/c1-18-7-8-23-20(13-18)16-29(15-19(2)17-30)26(23)11-9-25(10-12-26,24(31)32-3)28-22-6-4-5-21(27)14-22/h4-8,13-14,19,28,30H,9-12,15-17H2,1-3H3/t19-,25?,26?/m1/s1. The third kappa shape index (κ3) is 4.14. The second kappa shape index (κ2) is 9.05. The summed E-state index contributed by atoms with van der Waals surface area (Å²) in [7, 11) is 1.46. The van der Waals surface area contributed by atoms with E-state index in [9.17, 15) is 9.90 Å². The van der Waals surface area contributed by atoms with Crippen LogP contribution in [0.5, 0.6) is 0 Å². The highest BCUT2D eigenvalue weighted by Gasteiger charge is 2.53. The number of nitrogens with one attached hydrogen (secondary N) is 1. The number of carbonyl (C=O) groups is 1. The van der Waals surface area contributed by atoms with Crippen LogP contribution in [0.2, 0.25) is 5.02 Å². The molecule has 0 saturated heterocycles. The molecule has 2 aromatic carbocycles. The van der Waals surface area contributed by atoms with Crippen LogP contribution in [0.25, 0.3) is 0 Å². The van der Waals surface area contributed by atoms with Crippen molar-refractivity contribution < 1.29 is 14.6 Å². The number of rotatable bonds is 6. The van der Waals surface area contributed by atoms with Crippen molar-refractivity contribution in [1.82, 2.24) is 4.90 Å². The van der Waals surface area contributed by atoms with Crippen LogP contribution in [0.15, 0.2) is 42.5 Å². The topological polar surface area (TPSA) is 61.8 Å². The molecule has 0 bridgehead atoms. The van der Waals surface area contributed by atoms with Crippen LogP contribution in [-0.4, -0.2) is 41.8 Å². The number of carbonyl (C=O) groups excluding carboxylic acids is 1. The van der Waals surface area contributed by atoms with Gasteiger partial charge < -0.3 is 15.2 Å². The lowest BCUT2D eigenvalue weighted by Crippen LogP contribution is -2.56. The molecule has 1 saturated carbocycles. The van der Waals surface area contributed by atoms with Crippen LogP contribution in [0.1, 0.15) is 49.3 Å². The largest absolute Gasteiger partial charge is 0.467 e. The minimum Gasteiger partial charge on any atom is -0.467 e. The normalized spacial score (nSPS) is 26.0. The van der Waals surface area contributed by atoms with Crippen molar-refractivity contribution in [2.24, 2.45) is 5.92 Å². The van der Waals surface area contributed by atoms with E-state index in [-0.39, 0.29) is 24.0 Å². The van der Waals surface area contributed by atoms with Crippen molar-refractivity contribution in [2.45, 2.75) is 57.2 Å². The van der Waals surface area contributed by atoms with E-state index < -0.39 is 5.54 Å². The number of fused-ring (bicyclic) bond motifs is 2. The van der Waals surface area contributed by atoms with Crippen LogP contribution in [0, 0.1) is 12.8 Å². The Morgan fingerprint density at radius 1 is 1.22 bits per heavy atom. The predicted molar refractivity (Wildman–Crippen MR) is 128 cm³/mol. The Bertz CT molecular complexity index is 985. The van der Waals surface area contributed by atoms with E-state index in [4.69, 9.17) is 16.3 Å². The first kappa shape index (κ1) is 23.1. The number of nitrogens with zero attached hydrogens (tertiary/aromatic N) is 1. The molecular formula is C26H33ClN2O3. The molecule has 2 aromatic rings. The first-order valence-electron chi connectivity index (χ1n) is 11.4. The van der Waals surface area contributed by atoms with Crippen molar-refractivity contribution in [2.75, 3.05) is 25.6 Å². The zero-order chi connectivity index (χ0) is 22.9. The molecule has 0 radical (unpaired) electrons. The van der Waals surface area contributed by atoms with Crippen molar-refractivity contribution in [3.05, 3.63) is 64.2 Å². The maximum absolute atomic E-state index is 13.0. The maximum atomic E-state index is 13.0. The molecule has 0 aromatic heterocycles. The molecule has 1 atom stereocenters. The van der Waals surface area contributed by atoms with Gasteiger partial charge in [-0.15, -0.1) is 0 Å². The van der Waals surface area contributed by atoms with Gasteiger partial charge in [-0.05, 0) is 67.9 Å². The number of esters is 1. The smallest absolute Gasteiger partial charge is 0.331 e. The fraction of sp³-hybridized carbons (Fsp3) is 0.500.